The summed E-state index contributed by atoms with van der Waals surface area (Å²) in [4.78, 5) is 11.9. The standard InChI is InChI=1S/C12H15F2NO3/c1-17-7-8(15)6-10(16)9-4-2-3-5-11(9)18-12(13)14/h2-5,8,12H,6-7,15H2,1H3. The molecule has 4 nitrogen and oxygen atoms in total. The van der Waals surface area contributed by atoms with Crippen LogP contribution in [0.15, 0.2) is 24.3 Å². The van der Waals surface area contributed by atoms with E-state index in [-0.39, 0.29) is 30.1 Å². The molecule has 0 amide bonds. The third kappa shape index (κ3) is 4.38. The maximum absolute atomic E-state index is 12.2. The molecular weight excluding hydrogens is 244 g/mol. The fourth-order valence-electron chi connectivity index (χ4n) is 1.52. The first-order chi connectivity index (χ1) is 8.54. The predicted octanol–water partition coefficient (Wildman–Crippen LogP) is 1.83. The normalized spacial score (nSPS) is 12.5. The van der Waals surface area contributed by atoms with Gasteiger partial charge in [-0.15, -0.1) is 0 Å². The molecule has 0 aliphatic carbocycles. The van der Waals surface area contributed by atoms with Crippen molar-refractivity contribution in [2.24, 2.45) is 5.73 Å². The van der Waals surface area contributed by atoms with Crippen LogP contribution in [0.25, 0.3) is 0 Å². The molecule has 0 radical (unpaired) electrons. The molecule has 1 unspecified atom stereocenters. The first-order valence-electron chi connectivity index (χ1n) is 5.36. The van der Waals surface area contributed by atoms with Gasteiger partial charge in [0.1, 0.15) is 5.75 Å². The van der Waals surface area contributed by atoms with Crippen LogP contribution >= 0.6 is 0 Å². The molecule has 0 saturated heterocycles. The molecule has 0 aliphatic rings. The maximum atomic E-state index is 12.2. The van der Waals surface area contributed by atoms with Gasteiger partial charge in [-0.25, -0.2) is 0 Å². The van der Waals surface area contributed by atoms with Crippen molar-refractivity contribution in [3.8, 4) is 5.75 Å². The highest BCUT2D eigenvalue weighted by molar-refractivity contribution is 5.99. The molecule has 0 aliphatic heterocycles. The first-order valence-corrected chi connectivity index (χ1v) is 5.36. The van der Waals surface area contributed by atoms with Crippen LogP contribution in [0.5, 0.6) is 5.75 Å². The summed E-state index contributed by atoms with van der Waals surface area (Å²) >= 11 is 0. The number of benzene rings is 1. The highest BCUT2D eigenvalue weighted by atomic mass is 19.3. The number of nitrogens with two attached hydrogens (primary N) is 1. The fourth-order valence-corrected chi connectivity index (χ4v) is 1.52. The lowest BCUT2D eigenvalue weighted by Gasteiger charge is -2.12. The van der Waals surface area contributed by atoms with Gasteiger partial charge in [0.25, 0.3) is 0 Å². The number of ether oxygens (including phenoxy) is 2. The van der Waals surface area contributed by atoms with Crippen LogP contribution in [0.4, 0.5) is 8.78 Å². The molecule has 0 fully saturated rings. The van der Waals surface area contributed by atoms with E-state index in [1.165, 1.54) is 25.3 Å². The van der Waals surface area contributed by atoms with Crippen LogP contribution in [0.1, 0.15) is 16.8 Å². The molecule has 1 atom stereocenters. The molecule has 6 heteroatoms. The lowest BCUT2D eigenvalue weighted by Crippen LogP contribution is -2.28. The van der Waals surface area contributed by atoms with Crippen molar-refractivity contribution < 1.29 is 23.0 Å². The first kappa shape index (κ1) is 14.5. The SMILES string of the molecule is COCC(N)CC(=O)c1ccccc1OC(F)F. The van der Waals surface area contributed by atoms with E-state index in [4.69, 9.17) is 10.5 Å². The quantitative estimate of drug-likeness (QED) is 0.759. The topological polar surface area (TPSA) is 61.5 Å². The molecule has 2 N–H and O–H groups in total. The summed E-state index contributed by atoms with van der Waals surface area (Å²) in [6.07, 6.45) is 0.0114. The second-order valence-electron chi connectivity index (χ2n) is 3.72. The third-order valence-electron chi connectivity index (χ3n) is 2.23. The average Bonchev–Trinajstić information content (AvgIpc) is 2.28. The van der Waals surface area contributed by atoms with E-state index >= 15 is 0 Å². The van der Waals surface area contributed by atoms with Gasteiger partial charge < -0.3 is 15.2 Å². The van der Waals surface area contributed by atoms with E-state index in [1.807, 2.05) is 0 Å². The van der Waals surface area contributed by atoms with E-state index in [0.29, 0.717) is 0 Å². The van der Waals surface area contributed by atoms with Crippen LogP contribution in [-0.4, -0.2) is 32.2 Å². The summed E-state index contributed by atoms with van der Waals surface area (Å²) in [6.45, 7) is -2.74. The van der Waals surface area contributed by atoms with Gasteiger partial charge in [0.05, 0.1) is 12.2 Å². The van der Waals surface area contributed by atoms with Crippen LogP contribution in [0, 0.1) is 0 Å². The van der Waals surface area contributed by atoms with Crippen LogP contribution in [-0.2, 0) is 4.74 Å². The Balaban J connectivity index is 2.78. The number of hydrogen-bond donors (Lipinski definition) is 1. The number of methoxy groups -OCH3 is 1. The monoisotopic (exact) mass is 259 g/mol. The minimum Gasteiger partial charge on any atom is -0.434 e. The summed E-state index contributed by atoms with van der Waals surface area (Å²) in [5, 5.41) is 0. The average molecular weight is 259 g/mol. The Morgan fingerprint density at radius 3 is 2.67 bits per heavy atom. The van der Waals surface area contributed by atoms with Gasteiger partial charge in [-0.05, 0) is 12.1 Å². The number of hydrogen-bond acceptors (Lipinski definition) is 4. The molecule has 100 valence electrons. The van der Waals surface area contributed by atoms with Crippen molar-refractivity contribution in [2.45, 2.75) is 19.1 Å². The number of alkyl halides is 2. The largest absolute Gasteiger partial charge is 0.434 e. The number of ketones is 1. The highest BCUT2D eigenvalue weighted by Gasteiger charge is 2.17. The molecule has 0 saturated carbocycles. The smallest absolute Gasteiger partial charge is 0.387 e. The highest BCUT2D eigenvalue weighted by Crippen LogP contribution is 2.22. The van der Waals surface area contributed by atoms with E-state index in [1.54, 1.807) is 6.07 Å². The Morgan fingerprint density at radius 2 is 2.06 bits per heavy atom. The van der Waals surface area contributed by atoms with Gasteiger partial charge in [0.2, 0.25) is 0 Å². The number of halogens is 2. The summed E-state index contributed by atoms with van der Waals surface area (Å²) in [5.74, 6) is -0.488. The van der Waals surface area contributed by atoms with Crippen LogP contribution in [0.3, 0.4) is 0 Å². The van der Waals surface area contributed by atoms with Crippen LogP contribution < -0.4 is 10.5 Å². The van der Waals surface area contributed by atoms with Crippen molar-refractivity contribution in [2.75, 3.05) is 13.7 Å². The second-order valence-corrected chi connectivity index (χ2v) is 3.72. The number of para-hydroxylation sites is 1. The minimum atomic E-state index is -2.97. The van der Waals surface area contributed by atoms with Crippen molar-refractivity contribution in [1.82, 2.24) is 0 Å². The lowest BCUT2D eigenvalue weighted by molar-refractivity contribution is -0.0501. The molecule has 1 aromatic rings. The molecule has 0 bridgehead atoms. The summed E-state index contributed by atoms with van der Waals surface area (Å²) in [6, 6.07) is 5.37. The lowest BCUT2D eigenvalue weighted by atomic mass is 10.0. The van der Waals surface area contributed by atoms with Gasteiger partial charge in [-0.2, -0.15) is 8.78 Å². The minimum absolute atomic E-state index is 0.0114. The number of rotatable bonds is 7. The molecule has 0 heterocycles. The second kappa shape index (κ2) is 7.03. The van der Waals surface area contributed by atoms with Crippen molar-refractivity contribution >= 4 is 5.78 Å². The maximum Gasteiger partial charge on any atom is 0.387 e. The zero-order valence-corrected chi connectivity index (χ0v) is 9.94. The number of carbonyl (C=O) groups is 1. The van der Waals surface area contributed by atoms with Gasteiger partial charge in [-0.3, -0.25) is 4.79 Å². The van der Waals surface area contributed by atoms with E-state index in [2.05, 4.69) is 4.74 Å². The molecule has 1 rings (SSSR count). The zero-order valence-electron chi connectivity index (χ0n) is 9.94. The van der Waals surface area contributed by atoms with Gasteiger partial charge in [0.15, 0.2) is 5.78 Å². The summed E-state index contributed by atoms with van der Waals surface area (Å²) in [7, 11) is 1.47. The molecule has 18 heavy (non-hydrogen) atoms. The van der Waals surface area contributed by atoms with Crippen molar-refractivity contribution in [3.05, 3.63) is 29.8 Å². The van der Waals surface area contributed by atoms with Crippen molar-refractivity contribution in [3.63, 3.8) is 0 Å². The van der Waals surface area contributed by atoms with Gasteiger partial charge >= 0.3 is 6.61 Å². The van der Waals surface area contributed by atoms with Crippen LogP contribution in [0.2, 0.25) is 0 Å². The van der Waals surface area contributed by atoms with E-state index < -0.39 is 12.7 Å². The Labute approximate surface area is 104 Å². The number of carbonyl (C=O) groups excluding carboxylic acids is 1. The molecule has 0 aromatic heterocycles. The van der Waals surface area contributed by atoms with E-state index in [9.17, 15) is 13.6 Å². The summed E-state index contributed by atoms with van der Waals surface area (Å²) in [5.41, 5.74) is 5.74. The van der Waals surface area contributed by atoms with Crippen molar-refractivity contribution in [1.29, 1.82) is 0 Å². The Hall–Kier alpha value is -1.53. The molecule has 1 aromatic carbocycles. The Morgan fingerprint density at radius 1 is 1.39 bits per heavy atom. The predicted molar refractivity (Wildman–Crippen MR) is 61.9 cm³/mol. The Kier molecular flexibility index (Phi) is 5.67. The zero-order chi connectivity index (χ0) is 13.5. The number of Topliss-reactive ketones (excluding diaryl/α,β-unsaturated/α-hetero) is 1. The van der Waals surface area contributed by atoms with E-state index in [0.717, 1.165) is 0 Å². The van der Waals surface area contributed by atoms with Gasteiger partial charge in [-0.1, -0.05) is 12.1 Å². The molecular formula is C12H15F2NO3. The fraction of sp³-hybridized carbons (Fsp3) is 0.417. The summed E-state index contributed by atoms with van der Waals surface area (Å²) < 4.78 is 33.4. The van der Waals surface area contributed by atoms with Gasteiger partial charge in [0, 0.05) is 19.6 Å². The molecule has 0 spiro atoms. The Bertz CT molecular complexity index is 399. The third-order valence-corrected chi connectivity index (χ3v) is 2.23.